The number of likely N-dealkylation sites (N-methyl/N-ethyl adjacent to an activating group) is 1. The van der Waals surface area contributed by atoms with Gasteiger partial charge in [0.25, 0.3) is 0 Å². The van der Waals surface area contributed by atoms with Gasteiger partial charge in [-0.3, -0.25) is 4.79 Å². The lowest BCUT2D eigenvalue weighted by atomic mass is 10.0. The van der Waals surface area contributed by atoms with Crippen LogP contribution in [0.5, 0.6) is 0 Å². The highest BCUT2D eigenvalue weighted by Crippen LogP contribution is 2.16. The van der Waals surface area contributed by atoms with Crippen LogP contribution in [0.25, 0.3) is 6.08 Å². The predicted molar refractivity (Wildman–Crippen MR) is 111 cm³/mol. The summed E-state index contributed by atoms with van der Waals surface area (Å²) in [5.41, 5.74) is 0.768. The molecule has 2 heterocycles. The van der Waals surface area contributed by atoms with Crippen molar-refractivity contribution >= 4 is 22.0 Å². The monoisotopic (exact) mass is 417 g/mol. The number of hydrogen-bond acceptors (Lipinski definition) is 5. The third kappa shape index (κ3) is 5.79. The van der Waals surface area contributed by atoms with Crippen molar-refractivity contribution in [1.82, 2.24) is 14.5 Å². The SMILES string of the molecule is CN(C)C1CCCN(C(=O)/C=C/c2ccc(S(=O)(=O)NCc3ccco3)cc2)C1. The summed E-state index contributed by atoms with van der Waals surface area (Å²) in [5.74, 6) is 0.522. The van der Waals surface area contributed by atoms with E-state index in [4.69, 9.17) is 4.42 Å². The maximum Gasteiger partial charge on any atom is 0.246 e. The third-order valence-electron chi connectivity index (χ3n) is 5.06. The van der Waals surface area contributed by atoms with Crippen molar-refractivity contribution in [3.05, 3.63) is 60.1 Å². The molecule has 0 saturated carbocycles. The summed E-state index contributed by atoms with van der Waals surface area (Å²) in [6, 6.07) is 10.2. The van der Waals surface area contributed by atoms with E-state index in [2.05, 4.69) is 9.62 Å². The molecule has 1 unspecified atom stereocenters. The number of likely N-dealkylation sites (tertiary alicyclic amines) is 1. The van der Waals surface area contributed by atoms with Crippen molar-refractivity contribution in [2.75, 3.05) is 27.2 Å². The summed E-state index contributed by atoms with van der Waals surface area (Å²) in [6.07, 6.45) is 6.87. The maximum absolute atomic E-state index is 12.5. The highest BCUT2D eigenvalue weighted by molar-refractivity contribution is 7.89. The Labute approximate surface area is 172 Å². The van der Waals surface area contributed by atoms with Crippen molar-refractivity contribution in [3.63, 3.8) is 0 Å². The van der Waals surface area contributed by atoms with Crippen molar-refractivity contribution in [2.45, 2.75) is 30.3 Å². The molecular weight excluding hydrogens is 390 g/mol. The molecule has 1 aromatic carbocycles. The molecule has 1 aromatic heterocycles. The Morgan fingerprint density at radius 2 is 2.03 bits per heavy atom. The Balaban J connectivity index is 1.58. The van der Waals surface area contributed by atoms with Gasteiger partial charge >= 0.3 is 0 Å². The molecule has 0 bridgehead atoms. The summed E-state index contributed by atoms with van der Waals surface area (Å²) in [5, 5.41) is 0. The summed E-state index contributed by atoms with van der Waals surface area (Å²) in [7, 11) is 0.441. The number of nitrogens with zero attached hydrogens (tertiary/aromatic N) is 2. The standard InChI is InChI=1S/C21H27N3O4S/c1-23(2)18-5-3-13-24(16-18)21(25)12-9-17-7-10-20(11-8-17)29(26,27)22-15-19-6-4-14-28-19/h4,6-12,14,18,22H,3,5,13,15-16H2,1-2H3/b12-9+. The van der Waals surface area contributed by atoms with E-state index in [1.165, 1.54) is 18.4 Å². The molecule has 0 spiro atoms. The first-order chi connectivity index (χ1) is 13.8. The highest BCUT2D eigenvalue weighted by Gasteiger charge is 2.23. The average molecular weight is 418 g/mol. The highest BCUT2D eigenvalue weighted by atomic mass is 32.2. The number of rotatable bonds is 7. The number of carbonyl (C=O) groups is 1. The fourth-order valence-electron chi connectivity index (χ4n) is 3.27. The minimum atomic E-state index is -3.63. The molecule has 1 atom stereocenters. The zero-order valence-electron chi connectivity index (χ0n) is 16.7. The van der Waals surface area contributed by atoms with Gasteiger partial charge in [-0.2, -0.15) is 0 Å². The van der Waals surface area contributed by atoms with Gasteiger partial charge < -0.3 is 14.2 Å². The van der Waals surface area contributed by atoms with Crippen LogP contribution >= 0.6 is 0 Å². The van der Waals surface area contributed by atoms with Crippen LogP contribution in [-0.4, -0.2) is 57.4 Å². The molecule has 8 heteroatoms. The molecule has 156 valence electrons. The van der Waals surface area contributed by atoms with E-state index in [1.807, 2.05) is 19.0 Å². The van der Waals surface area contributed by atoms with E-state index >= 15 is 0 Å². The fourth-order valence-corrected chi connectivity index (χ4v) is 4.26. The van der Waals surface area contributed by atoms with Crippen LogP contribution in [0.3, 0.4) is 0 Å². The molecule has 3 rings (SSSR count). The minimum absolute atomic E-state index is 0.0200. The van der Waals surface area contributed by atoms with E-state index in [0.29, 0.717) is 11.8 Å². The van der Waals surface area contributed by atoms with Crippen molar-refractivity contribution in [3.8, 4) is 0 Å². The number of furan rings is 1. The van der Waals surface area contributed by atoms with Crippen LogP contribution in [0, 0.1) is 0 Å². The average Bonchev–Trinajstić information content (AvgIpc) is 3.25. The number of nitrogens with one attached hydrogen (secondary N) is 1. The lowest BCUT2D eigenvalue weighted by Gasteiger charge is -2.35. The fraction of sp³-hybridized carbons (Fsp3) is 0.381. The molecule has 1 saturated heterocycles. The minimum Gasteiger partial charge on any atom is -0.468 e. The van der Waals surface area contributed by atoms with Gasteiger partial charge in [0.1, 0.15) is 5.76 Å². The van der Waals surface area contributed by atoms with Crippen LogP contribution in [0.15, 0.2) is 58.1 Å². The van der Waals surface area contributed by atoms with Crippen molar-refractivity contribution in [1.29, 1.82) is 0 Å². The summed E-state index contributed by atoms with van der Waals surface area (Å²) >= 11 is 0. The molecule has 29 heavy (non-hydrogen) atoms. The Morgan fingerprint density at radius 1 is 1.28 bits per heavy atom. The van der Waals surface area contributed by atoms with E-state index in [9.17, 15) is 13.2 Å². The Morgan fingerprint density at radius 3 is 2.69 bits per heavy atom. The van der Waals surface area contributed by atoms with E-state index in [1.54, 1.807) is 36.4 Å². The molecule has 1 amide bonds. The van der Waals surface area contributed by atoms with Gasteiger partial charge in [-0.1, -0.05) is 12.1 Å². The van der Waals surface area contributed by atoms with Crippen LogP contribution < -0.4 is 4.72 Å². The van der Waals surface area contributed by atoms with Gasteiger partial charge in [-0.05, 0) is 62.8 Å². The first-order valence-electron chi connectivity index (χ1n) is 9.61. The molecule has 1 N–H and O–H groups in total. The first-order valence-corrected chi connectivity index (χ1v) is 11.1. The van der Waals surface area contributed by atoms with Gasteiger partial charge in [0.05, 0.1) is 17.7 Å². The van der Waals surface area contributed by atoms with E-state index < -0.39 is 10.0 Å². The number of sulfonamides is 1. The second-order valence-electron chi connectivity index (χ2n) is 7.35. The molecule has 2 aromatic rings. The third-order valence-corrected chi connectivity index (χ3v) is 6.48. The number of carbonyl (C=O) groups excluding carboxylic acids is 1. The normalized spacial score (nSPS) is 17.9. The number of piperidine rings is 1. The molecular formula is C21H27N3O4S. The van der Waals surface area contributed by atoms with Gasteiger partial charge in [0.15, 0.2) is 0 Å². The zero-order chi connectivity index (χ0) is 20.9. The lowest BCUT2D eigenvalue weighted by molar-refractivity contribution is -0.127. The van der Waals surface area contributed by atoms with Crippen LogP contribution in [0.4, 0.5) is 0 Å². The maximum atomic E-state index is 12.5. The summed E-state index contributed by atoms with van der Waals surface area (Å²) < 4.78 is 32.4. The lowest BCUT2D eigenvalue weighted by Crippen LogP contribution is -2.47. The quantitative estimate of drug-likeness (QED) is 0.699. The summed E-state index contributed by atoms with van der Waals surface area (Å²) in [4.78, 5) is 16.7. The predicted octanol–water partition coefficient (Wildman–Crippen LogP) is 2.32. The van der Waals surface area contributed by atoms with Gasteiger partial charge in [-0.15, -0.1) is 0 Å². The zero-order valence-corrected chi connectivity index (χ0v) is 17.6. The second-order valence-corrected chi connectivity index (χ2v) is 9.12. The molecule has 0 radical (unpaired) electrons. The topological polar surface area (TPSA) is 82.9 Å². The number of amides is 1. The first kappa shape index (κ1) is 21.3. The van der Waals surface area contributed by atoms with E-state index in [0.717, 1.165) is 31.5 Å². The van der Waals surface area contributed by atoms with Crippen molar-refractivity contribution < 1.29 is 17.6 Å². The van der Waals surface area contributed by atoms with Crippen molar-refractivity contribution in [2.24, 2.45) is 0 Å². The molecule has 1 fully saturated rings. The van der Waals surface area contributed by atoms with E-state index in [-0.39, 0.29) is 17.3 Å². The Hall–Kier alpha value is -2.42. The van der Waals surface area contributed by atoms with Gasteiger partial charge in [0.2, 0.25) is 15.9 Å². The molecule has 1 aliphatic heterocycles. The summed E-state index contributed by atoms with van der Waals surface area (Å²) in [6.45, 7) is 1.59. The number of benzene rings is 1. The van der Waals surface area contributed by atoms with Crippen LogP contribution in [-0.2, 0) is 21.4 Å². The Kier molecular flexibility index (Phi) is 6.89. The Bertz CT molecular complexity index is 935. The van der Waals surface area contributed by atoms with Crippen LogP contribution in [0.1, 0.15) is 24.2 Å². The van der Waals surface area contributed by atoms with Gasteiger partial charge in [-0.25, -0.2) is 13.1 Å². The number of hydrogen-bond donors (Lipinski definition) is 1. The second kappa shape index (κ2) is 9.39. The smallest absolute Gasteiger partial charge is 0.246 e. The largest absolute Gasteiger partial charge is 0.468 e. The van der Waals surface area contributed by atoms with Crippen LogP contribution in [0.2, 0.25) is 0 Å². The molecule has 0 aliphatic carbocycles. The molecule has 7 nitrogen and oxygen atoms in total. The molecule has 1 aliphatic rings. The van der Waals surface area contributed by atoms with Gasteiger partial charge in [0, 0.05) is 25.2 Å².